The molecule has 0 bridgehead atoms. The second-order valence-electron chi connectivity index (χ2n) is 7.62. The van der Waals surface area contributed by atoms with Crippen molar-refractivity contribution in [1.29, 1.82) is 0 Å². The minimum atomic E-state index is -0.451. The number of H-pyrrole nitrogens is 1. The summed E-state index contributed by atoms with van der Waals surface area (Å²) in [5.74, 6) is -0.276. The number of benzene rings is 3. The van der Waals surface area contributed by atoms with Gasteiger partial charge in [0.15, 0.2) is 0 Å². The van der Waals surface area contributed by atoms with Crippen LogP contribution in [0.3, 0.4) is 0 Å². The van der Waals surface area contributed by atoms with E-state index in [2.05, 4.69) is 11.1 Å². The highest BCUT2D eigenvalue weighted by Gasteiger charge is 2.12. The molecule has 154 valence electrons. The molecule has 5 nitrogen and oxygen atoms in total. The molecular formula is C26H21NO4. The summed E-state index contributed by atoms with van der Waals surface area (Å²) in [6.45, 7) is 0.0437. The van der Waals surface area contributed by atoms with Gasteiger partial charge in [-0.3, -0.25) is 4.79 Å². The molecule has 0 atom stereocenters. The van der Waals surface area contributed by atoms with Gasteiger partial charge in [0.05, 0.1) is 0 Å². The molecule has 0 amide bonds. The topological polar surface area (TPSA) is 72.3 Å². The van der Waals surface area contributed by atoms with Gasteiger partial charge in [0.25, 0.3) is 0 Å². The Hall–Kier alpha value is -3.86. The lowest BCUT2D eigenvalue weighted by atomic mass is 10.0. The average Bonchev–Trinajstić information content (AvgIpc) is 3.20. The summed E-state index contributed by atoms with van der Waals surface area (Å²) in [5, 5.41) is 4.00. The number of nitrogens with one attached hydrogen (secondary N) is 1. The molecule has 0 saturated carbocycles. The van der Waals surface area contributed by atoms with Crippen molar-refractivity contribution in [2.24, 2.45) is 0 Å². The SMILES string of the molecule is O=C(CCCc1c[nH]c2ccccc12)OCc1cc(=O)oc2ccc3ccccc3c12. The molecule has 31 heavy (non-hydrogen) atoms. The summed E-state index contributed by atoms with van der Waals surface area (Å²) >= 11 is 0. The van der Waals surface area contributed by atoms with E-state index >= 15 is 0 Å². The van der Waals surface area contributed by atoms with E-state index in [1.165, 1.54) is 17.0 Å². The molecule has 5 heteroatoms. The van der Waals surface area contributed by atoms with Gasteiger partial charge >= 0.3 is 11.6 Å². The summed E-state index contributed by atoms with van der Waals surface area (Å²) in [5.41, 5.74) is 3.00. The molecule has 0 radical (unpaired) electrons. The molecule has 2 heterocycles. The van der Waals surface area contributed by atoms with E-state index in [9.17, 15) is 9.59 Å². The van der Waals surface area contributed by atoms with Crippen molar-refractivity contribution in [3.05, 3.63) is 94.5 Å². The number of aryl methyl sites for hydroxylation is 1. The molecule has 0 aliphatic carbocycles. The molecular weight excluding hydrogens is 390 g/mol. The van der Waals surface area contributed by atoms with Gasteiger partial charge < -0.3 is 14.1 Å². The number of aromatic nitrogens is 1. The second kappa shape index (κ2) is 8.11. The molecule has 1 N–H and O–H groups in total. The standard InChI is InChI=1S/C26H21NO4/c28-24(11-5-7-18-15-27-22-10-4-3-8-20(18)22)30-16-19-14-25(29)31-23-13-12-17-6-1-2-9-21(17)26(19)23/h1-4,6,8-10,12-15,27H,5,7,11,16H2. The van der Waals surface area contributed by atoms with Crippen LogP contribution in [0.2, 0.25) is 0 Å². The Bertz CT molecular complexity index is 1460. The van der Waals surface area contributed by atoms with Crippen molar-refractivity contribution >= 4 is 38.6 Å². The van der Waals surface area contributed by atoms with Crippen molar-refractivity contribution in [3.63, 3.8) is 0 Å². The normalized spacial score (nSPS) is 11.4. The Balaban J connectivity index is 1.29. The first-order chi connectivity index (χ1) is 15.2. The van der Waals surface area contributed by atoms with Crippen molar-refractivity contribution in [3.8, 4) is 0 Å². The number of hydrogen-bond acceptors (Lipinski definition) is 4. The Kier molecular flexibility index (Phi) is 5.00. The Morgan fingerprint density at radius 1 is 0.935 bits per heavy atom. The van der Waals surface area contributed by atoms with E-state index in [0.717, 1.165) is 28.1 Å². The summed E-state index contributed by atoms with van der Waals surface area (Å²) in [4.78, 5) is 27.6. The van der Waals surface area contributed by atoms with E-state index in [4.69, 9.17) is 9.15 Å². The van der Waals surface area contributed by atoms with Gasteiger partial charge in [-0.25, -0.2) is 4.79 Å². The Labute approximate surface area is 178 Å². The van der Waals surface area contributed by atoms with Crippen LogP contribution in [0, 0.1) is 0 Å². The molecule has 5 rings (SSSR count). The first-order valence-corrected chi connectivity index (χ1v) is 10.3. The number of rotatable bonds is 6. The minimum absolute atomic E-state index is 0.0437. The van der Waals surface area contributed by atoms with Crippen LogP contribution in [0.4, 0.5) is 0 Å². The fraction of sp³-hybridized carbons (Fsp3) is 0.154. The van der Waals surface area contributed by atoms with Crippen molar-refractivity contribution < 1.29 is 13.9 Å². The van der Waals surface area contributed by atoms with Gasteiger partial charge in [0, 0.05) is 40.5 Å². The molecule has 3 aromatic carbocycles. The number of carbonyl (C=O) groups is 1. The van der Waals surface area contributed by atoms with Crippen LogP contribution < -0.4 is 5.63 Å². The van der Waals surface area contributed by atoms with Crippen LogP contribution in [0.25, 0.3) is 32.6 Å². The van der Waals surface area contributed by atoms with Crippen molar-refractivity contribution in [1.82, 2.24) is 4.98 Å². The zero-order chi connectivity index (χ0) is 21.2. The average molecular weight is 411 g/mol. The fourth-order valence-corrected chi connectivity index (χ4v) is 4.13. The van der Waals surface area contributed by atoms with Crippen molar-refractivity contribution in [2.45, 2.75) is 25.9 Å². The lowest BCUT2D eigenvalue weighted by molar-refractivity contribution is -0.145. The first kappa shape index (κ1) is 19.1. The zero-order valence-corrected chi connectivity index (χ0v) is 16.9. The third kappa shape index (κ3) is 3.82. The molecule has 0 aliphatic heterocycles. The lowest BCUT2D eigenvalue weighted by Crippen LogP contribution is -2.08. The summed E-state index contributed by atoms with van der Waals surface area (Å²) < 4.78 is 10.9. The number of fused-ring (bicyclic) bond motifs is 4. The van der Waals surface area contributed by atoms with Crippen molar-refractivity contribution in [2.75, 3.05) is 0 Å². The predicted molar refractivity (Wildman–Crippen MR) is 121 cm³/mol. The highest BCUT2D eigenvalue weighted by Crippen LogP contribution is 2.28. The van der Waals surface area contributed by atoms with Crippen LogP contribution in [0.15, 0.2) is 82.1 Å². The van der Waals surface area contributed by atoms with Crippen LogP contribution in [0.1, 0.15) is 24.0 Å². The van der Waals surface area contributed by atoms with Gasteiger partial charge in [0.1, 0.15) is 12.2 Å². The molecule has 5 aromatic rings. The largest absolute Gasteiger partial charge is 0.461 e. The molecule has 0 spiro atoms. The highest BCUT2D eigenvalue weighted by atomic mass is 16.5. The number of esters is 1. The number of para-hydroxylation sites is 1. The smallest absolute Gasteiger partial charge is 0.336 e. The lowest BCUT2D eigenvalue weighted by Gasteiger charge is -2.09. The Morgan fingerprint density at radius 3 is 2.65 bits per heavy atom. The van der Waals surface area contributed by atoms with Gasteiger partial charge in [0.2, 0.25) is 0 Å². The van der Waals surface area contributed by atoms with Crippen LogP contribution in [-0.4, -0.2) is 11.0 Å². The summed E-state index contributed by atoms with van der Waals surface area (Å²) in [7, 11) is 0. The third-order valence-electron chi connectivity index (χ3n) is 5.61. The van der Waals surface area contributed by atoms with Gasteiger partial charge in [-0.1, -0.05) is 48.5 Å². The van der Waals surface area contributed by atoms with Crippen LogP contribution in [0.5, 0.6) is 0 Å². The van der Waals surface area contributed by atoms with Crippen LogP contribution >= 0.6 is 0 Å². The fourth-order valence-electron chi connectivity index (χ4n) is 4.13. The minimum Gasteiger partial charge on any atom is -0.461 e. The van der Waals surface area contributed by atoms with Crippen LogP contribution in [-0.2, 0) is 22.6 Å². The second-order valence-corrected chi connectivity index (χ2v) is 7.62. The molecule has 0 unspecified atom stereocenters. The quantitative estimate of drug-likeness (QED) is 0.228. The third-order valence-corrected chi connectivity index (χ3v) is 5.61. The zero-order valence-electron chi connectivity index (χ0n) is 16.9. The van der Waals surface area contributed by atoms with E-state index in [0.29, 0.717) is 24.0 Å². The van der Waals surface area contributed by atoms with E-state index in [1.54, 1.807) is 6.07 Å². The maximum atomic E-state index is 12.4. The number of aromatic amines is 1. The molecule has 0 aliphatic rings. The van der Waals surface area contributed by atoms with Gasteiger partial charge in [-0.15, -0.1) is 0 Å². The maximum absolute atomic E-state index is 12.4. The summed E-state index contributed by atoms with van der Waals surface area (Å²) in [6, 6.07) is 21.1. The van der Waals surface area contributed by atoms with Gasteiger partial charge in [-0.2, -0.15) is 0 Å². The maximum Gasteiger partial charge on any atom is 0.336 e. The highest BCUT2D eigenvalue weighted by molar-refractivity contribution is 6.07. The molecule has 0 fully saturated rings. The molecule has 0 saturated heterocycles. The van der Waals surface area contributed by atoms with E-state index in [1.807, 2.05) is 54.7 Å². The predicted octanol–water partition coefficient (Wildman–Crippen LogP) is 5.49. The van der Waals surface area contributed by atoms with Gasteiger partial charge in [-0.05, 0) is 41.3 Å². The summed E-state index contributed by atoms with van der Waals surface area (Å²) in [6.07, 6.45) is 3.80. The first-order valence-electron chi connectivity index (χ1n) is 10.3. The molecule has 2 aromatic heterocycles. The van der Waals surface area contributed by atoms with E-state index < -0.39 is 5.63 Å². The monoisotopic (exact) mass is 411 g/mol. The number of ether oxygens (including phenoxy) is 1. The number of carbonyl (C=O) groups excluding carboxylic acids is 1. The van der Waals surface area contributed by atoms with E-state index in [-0.39, 0.29) is 12.6 Å². The Morgan fingerprint density at radius 2 is 1.74 bits per heavy atom. The number of hydrogen-bond donors (Lipinski definition) is 1.